The number of esters is 1. The number of carbonyl (C=O) groups excluding carboxylic acids is 1. The molecule has 2 fully saturated rings. The van der Waals surface area contributed by atoms with Gasteiger partial charge in [-0.05, 0) is 60.9 Å². The summed E-state index contributed by atoms with van der Waals surface area (Å²) in [4.78, 5) is 16.9. The van der Waals surface area contributed by atoms with Gasteiger partial charge in [0.25, 0.3) is 0 Å². The van der Waals surface area contributed by atoms with Crippen molar-refractivity contribution in [1.82, 2.24) is 4.98 Å². The van der Waals surface area contributed by atoms with Crippen molar-refractivity contribution in [2.24, 2.45) is 23.7 Å². The van der Waals surface area contributed by atoms with Crippen molar-refractivity contribution in [3.05, 3.63) is 60.2 Å². The zero-order chi connectivity index (χ0) is 21.5. The van der Waals surface area contributed by atoms with E-state index < -0.39 is 11.6 Å². The van der Waals surface area contributed by atoms with E-state index in [0.717, 1.165) is 23.2 Å². The normalized spacial score (nSPS) is 33.5. The van der Waals surface area contributed by atoms with Gasteiger partial charge in [0, 0.05) is 17.7 Å². The lowest BCUT2D eigenvalue weighted by Gasteiger charge is -2.45. The molecule has 0 unspecified atom stereocenters. The first-order chi connectivity index (χ1) is 14.3. The standard InChI is InChI=1S/C25H28FNO3/c1-4-21-15(2)13-25(29)23(16(3)30-24(25)28)22(21)11-10-20-9-8-18(14-27-20)17-6-5-7-19(26)12-17/h5-12,14-16,21-23,29H,4,13H2,1-3H3/t15-,16+,21+,22-,23-,25-/m0/s1. The second-order valence-corrected chi connectivity index (χ2v) is 8.73. The minimum Gasteiger partial charge on any atom is -0.460 e. The molecular weight excluding hydrogens is 381 g/mol. The van der Waals surface area contributed by atoms with Crippen LogP contribution >= 0.6 is 0 Å². The lowest BCUT2D eigenvalue weighted by atomic mass is 9.59. The zero-order valence-corrected chi connectivity index (χ0v) is 17.6. The number of fused-ring (bicyclic) bond motifs is 1. The predicted octanol–water partition coefficient (Wildman–Crippen LogP) is 4.88. The number of cyclic esters (lactones) is 1. The van der Waals surface area contributed by atoms with Crippen LogP contribution in [0.3, 0.4) is 0 Å². The Kier molecular flexibility index (Phi) is 5.49. The number of hydrogen-bond donors (Lipinski definition) is 1. The molecule has 5 heteroatoms. The lowest BCUT2D eigenvalue weighted by Crippen LogP contribution is -2.53. The molecule has 4 nitrogen and oxygen atoms in total. The Balaban J connectivity index is 1.60. The molecule has 1 aliphatic heterocycles. The number of rotatable bonds is 4. The molecule has 30 heavy (non-hydrogen) atoms. The summed E-state index contributed by atoms with van der Waals surface area (Å²) in [5, 5.41) is 11.1. The Morgan fingerprint density at radius 1 is 1.27 bits per heavy atom. The van der Waals surface area contributed by atoms with Crippen molar-refractivity contribution < 1.29 is 19.0 Å². The van der Waals surface area contributed by atoms with Gasteiger partial charge in [0.1, 0.15) is 11.9 Å². The lowest BCUT2D eigenvalue weighted by molar-refractivity contribution is -0.160. The number of ether oxygens (including phenoxy) is 1. The summed E-state index contributed by atoms with van der Waals surface area (Å²) in [5.41, 5.74) is 1.01. The van der Waals surface area contributed by atoms with Crippen molar-refractivity contribution >= 4 is 12.0 Å². The van der Waals surface area contributed by atoms with Gasteiger partial charge in [-0.1, -0.05) is 44.5 Å². The smallest absolute Gasteiger partial charge is 0.338 e. The number of allylic oxidation sites excluding steroid dienone is 1. The molecule has 2 aliphatic rings. The predicted molar refractivity (Wildman–Crippen MR) is 114 cm³/mol. The number of carbonyl (C=O) groups is 1. The van der Waals surface area contributed by atoms with Crippen molar-refractivity contribution in [2.75, 3.05) is 0 Å². The summed E-state index contributed by atoms with van der Waals surface area (Å²) in [5.74, 6) is -0.424. The number of nitrogens with zero attached hydrogens (tertiary/aromatic N) is 1. The molecule has 0 bridgehead atoms. The molecule has 1 aromatic carbocycles. The SMILES string of the molecule is CC[C@H]1[C@H](C=Cc2ccc(-c3cccc(F)c3)cn2)[C@@H]2[C@@H](C)OC(=O)[C@]2(O)C[C@@H]1C. The Hall–Kier alpha value is -2.53. The van der Waals surface area contributed by atoms with Crippen LogP contribution in [0.1, 0.15) is 39.3 Å². The maximum atomic E-state index is 13.5. The van der Waals surface area contributed by atoms with Crippen LogP contribution in [-0.2, 0) is 9.53 Å². The van der Waals surface area contributed by atoms with Crippen LogP contribution in [0.4, 0.5) is 4.39 Å². The highest BCUT2D eigenvalue weighted by atomic mass is 19.1. The highest BCUT2D eigenvalue weighted by molar-refractivity contribution is 5.82. The second-order valence-electron chi connectivity index (χ2n) is 8.73. The summed E-state index contributed by atoms with van der Waals surface area (Å²) in [6.07, 6.45) is 6.87. The van der Waals surface area contributed by atoms with Gasteiger partial charge < -0.3 is 9.84 Å². The summed E-state index contributed by atoms with van der Waals surface area (Å²) >= 11 is 0. The van der Waals surface area contributed by atoms with Crippen LogP contribution in [0.15, 0.2) is 48.7 Å². The van der Waals surface area contributed by atoms with E-state index in [1.54, 1.807) is 12.3 Å². The fourth-order valence-corrected chi connectivity index (χ4v) is 5.50. The Labute approximate surface area is 176 Å². The fraction of sp³-hybridized carbons (Fsp3) is 0.440. The van der Waals surface area contributed by atoms with E-state index in [4.69, 9.17) is 4.74 Å². The average Bonchev–Trinajstić information content (AvgIpc) is 2.94. The van der Waals surface area contributed by atoms with Gasteiger partial charge in [0.2, 0.25) is 0 Å². The third-order valence-corrected chi connectivity index (χ3v) is 6.88. The first-order valence-electron chi connectivity index (χ1n) is 10.7. The van der Waals surface area contributed by atoms with Crippen LogP contribution in [-0.4, -0.2) is 27.8 Å². The van der Waals surface area contributed by atoms with Gasteiger partial charge in [-0.3, -0.25) is 4.98 Å². The highest BCUT2D eigenvalue weighted by Gasteiger charge is 2.62. The van der Waals surface area contributed by atoms with E-state index in [0.29, 0.717) is 12.3 Å². The van der Waals surface area contributed by atoms with Crippen molar-refractivity contribution in [3.63, 3.8) is 0 Å². The Morgan fingerprint density at radius 3 is 2.73 bits per heavy atom. The Morgan fingerprint density at radius 2 is 2.07 bits per heavy atom. The van der Waals surface area contributed by atoms with Crippen molar-refractivity contribution in [3.8, 4) is 11.1 Å². The number of benzene rings is 1. The molecular formula is C25H28FNO3. The second kappa shape index (κ2) is 7.95. The zero-order valence-electron chi connectivity index (χ0n) is 17.6. The molecule has 2 aromatic rings. The molecule has 1 saturated carbocycles. The summed E-state index contributed by atoms with van der Waals surface area (Å²) in [6, 6.07) is 10.3. The van der Waals surface area contributed by atoms with Gasteiger partial charge in [-0.15, -0.1) is 0 Å². The molecule has 1 N–H and O–H groups in total. The third kappa shape index (κ3) is 3.56. The molecule has 0 radical (unpaired) electrons. The minimum atomic E-state index is -1.41. The van der Waals surface area contributed by atoms with Gasteiger partial charge in [0.05, 0.1) is 5.69 Å². The highest BCUT2D eigenvalue weighted by Crippen LogP contribution is 2.52. The molecule has 2 heterocycles. The van der Waals surface area contributed by atoms with E-state index in [1.165, 1.54) is 12.1 Å². The summed E-state index contributed by atoms with van der Waals surface area (Å²) < 4.78 is 18.9. The molecule has 1 aromatic heterocycles. The fourth-order valence-electron chi connectivity index (χ4n) is 5.50. The van der Waals surface area contributed by atoms with Gasteiger partial charge >= 0.3 is 5.97 Å². The van der Waals surface area contributed by atoms with Gasteiger partial charge in [-0.25, -0.2) is 9.18 Å². The molecule has 1 aliphatic carbocycles. The van der Waals surface area contributed by atoms with Crippen LogP contribution in [0, 0.1) is 29.5 Å². The van der Waals surface area contributed by atoms with Crippen LogP contribution < -0.4 is 0 Å². The van der Waals surface area contributed by atoms with Crippen molar-refractivity contribution in [2.45, 2.75) is 45.3 Å². The molecule has 0 spiro atoms. The number of halogens is 1. The maximum absolute atomic E-state index is 13.5. The van der Waals surface area contributed by atoms with Crippen LogP contribution in [0.2, 0.25) is 0 Å². The molecule has 1 saturated heterocycles. The minimum absolute atomic E-state index is 0.0231. The van der Waals surface area contributed by atoms with Gasteiger partial charge in [-0.2, -0.15) is 0 Å². The van der Waals surface area contributed by atoms with E-state index in [-0.39, 0.29) is 29.7 Å². The van der Waals surface area contributed by atoms with E-state index in [9.17, 15) is 14.3 Å². The van der Waals surface area contributed by atoms with Crippen LogP contribution in [0.25, 0.3) is 17.2 Å². The monoisotopic (exact) mass is 409 g/mol. The quantitative estimate of drug-likeness (QED) is 0.732. The first kappa shape index (κ1) is 20.7. The van der Waals surface area contributed by atoms with E-state index in [2.05, 4.69) is 24.9 Å². The number of aliphatic hydroxyl groups is 1. The number of hydrogen-bond acceptors (Lipinski definition) is 4. The van der Waals surface area contributed by atoms with Crippen molar-refractivity contribution in [1.29, 1.82) is 0 Å². The first-order valence-corrected chi connectivity index (χ1v) is 10.7. The topological polar surface area (TPSA) is 59.4 Å². The molecule has 4 rings (SSSR count). The van der Waals surface area contributed by atoms with E-state index in [1.807, 2.05) is 31.2 Å². The molecule has 158 valence electrons. The van der Waals surface area contributed by atoms with Gasteiger partial charge in [0.15, 0.2) is 5.60 Å². The largest absolute Gasteiger partial charge is 0.460 e. The molecule has 6 atom stereocenters. The van der Waals surface area contributed by atoms with Crippen LogP contribution in [0.5, 0.6) is 0 Å². The summed E-state index contributed by atoms with van der Waals surface area (Å²) in [7, 11) is 0. The van der Waals surface area contributed by atoms with E-state index >= 15 is 0 Å². The number of aromatic nitrogens is 1. The average molecular weight is 410 g/mol. The molecule has 0 amide bonds. The number of pyridine rings is 1. The summed E-state index contributed by atoms with van der Waals surface area (Å²) in [6.45, 7) is 6.13. The Bertz CT molecular complexity index is 957. The maximum Gasteiger partial charge on any atom is 0.338 e. The third-order valence-electron chi connectivity index (χ3n) is 6.88.